The van der Waals surface area contributed by atoms with Crippen molar-refractivity contribution >= 4 is 21.6 Å². The molecule has 0 aliphatic heterocycles. The van der Waals surface area contributed by atoms with Crippen LogP contribution >= 0.6 is 0 Å². The molecule has 8 heteroatoms. The number of benzene rings is 2. The molecule has 1 amide bonds. The van der Waals surface area contributed by atoms with Gasteiger partial charge < -0.3 is 14.8 Å². The molecule has 0 fully saturated rings. The Kier molecular flexibility index (Phi) is 8.48. The average Bonchev–Trinajstić information content (AvgIpc) is 2.72. The molecule has 0 unspecified atom stereocenters. The highest BCUT2D eigenvalue weighted by Crippen LogP contribution is 2.24. The van der Waals surface area contributed by atoms with Gasteiger partial charge >= 0.3 is 0 Å². The number of nitrogens with zero attached hydrogens (tertiary/aromatic N) is 1. The summed E-state index contributed by atoms with van der Waals surface area (Å²) in [6.07, 6.45) is 0.787. The molecule has 1 N–H and O–H groups in total. The van der Waals surface area contributed by atoms with Crippen LogP contribution in [0, 0.1) is 0 Å². The number of nitrogens with one attached hydrogen (secondary N) is 1. The van der Waals surface area contributed by atoms with E-state index in [2.05, 4.69) is 5.32 Å². The number of carbonyl (C=O) groups excluding carboxylic acids is 1. The fraction of sp³-hybridized carbons (Fsp3) is 0.381. The summed E-state index contributed by atoms with van der Waals surface area (Å²) in [5.41, 5.74) is 0.418. The fourth-order valence-corrected chi connectivity index (χ4v) is 4.01. The molecule has 0 heterocycles. The predicted octanol–water partition coefficient (Wildman–Crippen LogP) is 2.82. The van der Waals surface area contributed by atoms with Crippen molar-refractivity contribution in [1.82, 2.24) is 5.32 Å². The molecule has 0 bridgehead atoms. The van der Waals surface area contributed by atoms with Crippen molar-refractivity contribution in [3.05, 3.63) is 54.6 Å². The molecule has 7 nitrogen and oxygen atoms in total. The first-order valence-corrected chi connectivity index (χ1v) is 10.9. The second kappa shape index (κ2) is 10.8. The van der Waals surface area contributed by atoms with Crippen LogP contribution in [0.3, 0.4) is 0 Å². The van der Waals surface area contributed by atoms with E-state index in [0.29, 0.717) is 31.0 Å². The summed E-state index contributed by atoms with van der Waals surface area (Å²) in [6.45, 7) is 4.52. The minimum absolute atomic E-state index is 0.0836. The minimum Gasteiger partial charge on any atom is -0.497 e. The molecule has 0 aliphatic carbocycles. The van der Waals surface area contributed by atoms with Crippen LogP contribution in [-0.2, 0) is 19.6 Å². The largest absolute Gasteiger partial charge is 0.497 e. The van der Waals surface area contributed by atoms with Gasteiger partial charge in [0.25, 0.3) is 10.0 Å². The van der Waals surface area contributed by atoms with Gasteiger partial charge in [0.05, 0.1) is 23.8 Å². The summed E-state index contributed by atoms with van der Waals surface area (Å²) < 4.78 is 38.0. The van der Waals surface area contributed by atoms with E-state index in [1.54, 1.807) is 42.5 Å². The number of hydrogen-bond acceptors (Lipinski definition) is 5. The third kappa shape index (κ3) is 6.76. The molecule has 0 saturated carbocycles. The maximum atomic E-state index is 13.2. The van der Waals surface area contributed by atoms with E-state index in [0.717, 1.165) is 4.31 Å². The van der Waals surface area contributed by atoms with Gasteiger partial charge in [-0.05, 0) is 56.7 Å². The zero-order valence-electron chi connectivity index (χ0n) is 17.0. The third-order valence-electron chi connectivity index (χ3n) is 4.07. The molecular formula is C21H28N2O5S. The van der Waals surface area contributed by atoms with Gasteiger partial charge in [0.1, 0.15) is 12.3 Å². The molecule has 2 aromatic rings. The molecule has 0 radical (unpaired) electrons. The summed E-state index contributed by atoms with van der Waals surface area (Å²) in [5.74, 6) is 0.173. The number of hydrogen-bond donors (Lipinski definition) is 1. The molecular weight excluding hydrogens is 392 g/mol. The highest BCUT2D eigenvalue weighted by molar-refractivity contribution is 7.92. The SMILES string of the molecule is COc1ccc(S(=O)(=O)N(CC(=O)NCCCOC(C)C)c2ccccc2)cc1. The van der Waals surface area contributed by atoms with Gasteiger partial charge in [-0.3, -0.25) is 9.10 Å². The van der Waals surface area contributed by atoms with Gasteiger partial charge in [-0.1, -0.05) is 18.2 Å². The van der Waals surface area contributed by atoms with Gasteiger partial charge in [0.15, 0.2) is 0 Å². The molecule has 0 spiro atoms. The highest BCUT2D eigenvalue weighted by Gasteiger charge is 2.27. The Morgan fingerprint density at radius 3 is 2.31 bits per heavy atom. The molecule has 0 atom stereocenters. The van der Waals surface area contributed by atoms with Gasteiger partial charge in [-0.15, -0.1) is 0 Å². The van der Waals surface area contributed by atoms with E-state index in [1.807, 2.05) is 13.8 Å². The minimum atomic E-state index is -3.93. The smallest absolute Gasteiger partial charge is 0.264 e. The van der Waals surface area contributed by atoms with Crippen molar-refractivity contribution in [3.8, 4) is 5.75 Å². The molecule has 29 heavy (non-hydrogen) atoms. The number of anilines is 1. The number of carbonyl (C=O) groups is 1. The van der Waals surface area contributed by atoms with Crippen LogP contribution in [-0.4, -0.2) is 47.2 Å². The Balaban J connectivity index is 2.14. The summed E-state index contributed by atoms with van der Waals surface area (Å²) in [5, 5.41) is 2.75. The molecule has 0 saturated heterocycles. The van der Waals surface area contributed by atoms with Crippen LogP contribution in [0.2, 0.25) is 0 Å². The van der Waals surface area contributed by atoms with Crippen LogP contribution in [0.1, 0.15) is 20.3 Å². The van der Waals surface area contributed by atoms with Crippen LogP contribution in [0.15, 0.2) is 59.5 Å². The summed E-state index contributed by atoms with van der Waals surface area (Å²) in [6, 6.07) is 14.6. The van der Waals surface area contributed by atoms with Crippen LogP contribution in [0.5, 0.6) is 5.75 Å². The average molecular weight is 421 g/mol. The molecule has 2 aromatic carbocycles. The molecule has 0 aliphatic rings. The van der Waals surface area contributed by atoms with Crippen molar-refractivity contribution in [2.75, 3.05) is 31.1 Å². The Morgan fingerprint density at radius 1 is 1.07 bits per heavy atom. The van der Waals surface area contributed by atoms with Gasteiger partial charge in [-0.25, -0.2) is 8.42 Å². The first-order chi connectivity index (χ1) is 13.8. The molecule has 2 rings (SSSR count). The maximum Gasteiger partial charge on any atom is 0.264 e. The lowest BCUT2D eigenvalue weighted by atomic mass is 10.3. The van der Waals surface area contributed by atoms with E-state index < -0.39 is 10.0 Å². The summed E-state index contributed by atoms with van der Waals surface area (Å²) >= 11 is 0. The first kappa shape index (κ1) is 22.7. The number of rotatable bonds is 11. The lowest BCUT2D eigenvalue weighted by Gasteiger charge is -2.24. The Bertz CT molecular complexity index is 868. The zero-order chi connectivity index (χ0) is 21.3. The van der Waals surface area contributed by atoms with E-state index >= 15 is 0 Å². The number of sulfonamides is 1. The number of amides is 1. The Labute approximate surface area is 172 Å². The van der Waals surface area contributed by atoms with E-state index in [1.165, 1.54) is 19.2 Å². The standard InChI is InChI=1S/C21H28N2O5S/c1-17(2)28-15-7-14-22-21(24)16-23(18-8-5-4-6-9-18)29(25,26)20-12-10-19(27-3)11-13-20/h4-6,8-13,17H,7,14-16H2,1-3H3,(H,22,24). The summed E-state index contributed by atoms with van der Waals surface area (Å²) in [7, 11) is -2.42. The Hall–Kier alpha value is -2.58. The van der Waals surface area contributed by atoms with Crippen molar-refractivity contribution in [3.63, 3.8) is 0 Å². The first-order valence-electron chi connectivity index (χ1n) is 9.44. The van der Waals surface area contributed by atoms with Crippen molar-refractivity contribution < 1.29 is 22.7 Å². The quantitative estimate of drug-likeness (QED) is 0.565. The highest BCUT2D eigenvalue weighted by atomic mass is 32.2. The fourth-order valence-electron chi connectivity index (χ4n) is 2.59. The van der Waals surface area contributed by atoms with Crippen molar-refractivity contribution in [2.24, 2.45) is 0 Å². The van der Waals surface area contributed by atoms with Crippen LogP contribution in [0.4, 0.5) is 5.69 Å². The molecule has 158 valence electrons. The van der Waals surface area contributed by atoms with E-state index in [9.17, 15) is 13.2 Å². The zero-order valence-corrected chi connectivity index (χ0v) is 17.8. The predicted molar refractivity (Wildman–Crippen MR) is 113 cm³/mol. The maximum absolute atomic E-state index is 13.2. The Morgan fingerprint density at radius 2 is 1.72 bits per heavy atom. The van der Waals surface area contributed by atoms with E-state index in [4.69, 9.17) is 9.47 Å². The second-order valence-corrected chi connectivity index (χ2v) is 8.51. The third-order valence-corrected chi connectivity index (χ3v) is 5.86. The lowest BCUT2D eigenvalue weighted by Crippen LogP contribution is -2.41. The second-order valence-electron chi connectivity index (χ2n) is 6.65. The van der Waals surface area contributed by atoms with Crippen molar-refractivity contribution in [2.45, 2.75) is 31.3 Å². The van der Waals surface area contributed by atoms with Gasteiger partial charge in [0.2, 0.25) is 5.91 Å². The summed E-state index contributed by atoms with van der Waals surface area (Å²) in [4.78, 5) is 12.5. The number of methoxy groups -OCH3 is 1. The van der Waals surface area contributed by atoms with Gasteiger partial charge in [-0.2, -0.15) is 0 Å². The van der Waals surface area contributed by atoms with E-state index in [-0.39, 0.29) is 23.5 Å². The lowest BCUT2D eigenvalue weighted by molar-refractivity contribution is -0.119. The van der Waals surface area contributed by atoms with Gasteiger partial charge in [0, 0.05) is 13.2 Å². The topological polar surface area (TPSA) is 84.9 Å². The molecule has 0 aromatic heterocycles. The van der Waals surface area contributed by atoms with Crippen LogP contribution in [0.25, 0.3) is 0 Å². The normalized spacial score (nSPS) is 11.3. The van der Waals surface area contributed by atoms with Crippen LogP contribution < -0.4 is 14.4 Å². The van der Waals surface area contributed by atoms with Crippen molar-refractivity contribution in [1.29, 1.82) is 0 Å². The number of para-hydroxylation sites is 1. The number of ether oxygens (including phenoxy) is 2. The monoisotopic (exact) mass is 420 g/mol.